The van der Waals surface area contributed by atoms with Gasteiger partial charge in [0.25, 0.3) is 0 Å². The van der Waals surface area contributed by atoms with Crippen LogP contribution in [0, 0.1) is 0 Å². The number of nitrogens with zero attached hydrogens (tertiary/aromatic N) is 2. The number of pyridine rings is 1. The molecule has 0 unspecified atom stereocenters. The number of rotatable bonds is 6. The molecule has 120 valence electrons. The van der Waals surface area contributed by atoms with E-state index in [4.69, 9.17) is 4.74 Å². The van der Waals surface area contributed by atoms with Gasteiger partial charge in [0.15, 0.2) is 0 Å². The summed E-state index contributed by atoms with van der Waals surface area (Å²) < 4.78 is 5.64. The highest BCUT2D eigenvalue weighted by molar-refractivity contribution is 5.95. The van der Waals surface area contributed by atoms with E-state index >= 15 is 0 Å². The van der Waals surface area contributed by atoms with E-state index in [0.717, 1.165) is 25.0 Å². The molecule has 0 saturated carbocycles. The number of aromatic nitrogens is 1. The summed E-state index contributed by atoms with van der Waals surface area (Å²) in [5.74, 6) is -0.332. The van der Waals surface area contributed by atoms with Gasteiger partial charge in [-0.05, 0) is 24.5 Å². The lowest BCUT2D eigenvalue weighted by Gasteiger charge is -2.24. The van der Waals surface area contributed by atoms with Crippen LogP contribution in [0.4, 0.5) is 4.79 Å². The normalized spacial score (nSPS) is 17.5. The van der Waals surface area contributed by atoms with Crippen LogP contribution in [0.2, 0.25) is 0 Å². The van der Waals surface area contributed by atoms with Crippen LogP contribution in [0.5, 0.6) is 0 Å². The van der Waals surface area contributed by atoms with E-state index in [-0.39, 0.29) is 18.6 Å². The zero-order valence-electron chi connectivity index (χ0n) is 12.7. The molecular formula is C15H22N4O3. The quantitative estimate of drug-likeness (QED) is 0.800. The van der Waals surface area contributed by atoms with Gasteiger partial charge in [0.1, 0.15) is 0 Å². The van der Waals surface area contributed by atoms with Gasteiger partial charge in [-0.15, -0.1) is 0 Å². The average molecular weight is 306 g/mol. The molecule has 0 spiro atoms. The van der Waals surface area contributed by atoms with Gasteiger partial charge in [-0.3, -0.25) is 20.0 Å². The largest absolute Gasteiger partial charge is 0.377 e. The number of hydrogen-bond acceptors (Lipinski definition) is 5. The molecule has 0 radical (unpaired) electrons. The van der Waals surface area contributed by atoms with Crippen molar-refractivity contribution in [3.63, 3.8) is 0 Å². The first-order chi connectivity index (χ1) is 10.7. The van der Waals surface area contributed by atoms with Crippen molar-refractivity contribution < 1.29 is 14.3 Å². The first-order valence-corrected chi connectivity index (χ1v) is 7.42. The van der Waals surface area contributed by atoms with Crippen LogP contribution in [-0.4, -0.2) is 54.7 Å². The second-order valence-electron chi connectivity index (χ2n) is 5.29. The van der Waals surface area contributed by atoms with Gasteiger partial charge in [0.2, 0.25) is 5.91 Å². The Morgan fingerprint density at radius 1 is 1.50 bits per heavy atom. The average Bonchev–Trinajstić information content (AvgIpc) is 3.00. The maximum absolute atomic E-state index is 11.9. The molecule has 2 N–H and O–H groups in total. The van der Waals surface area contributed by atoms with Crippen molar-refractivity contribution in [1.29, 1.82) is 0 Å². The molecule has 2 heterocycles. The number of amides is 3. The van der Waals surface area contributed by atoms with E-state index in [1.807, 2.05) is 17.0 Å². The van der Waals surface area contributed by atoms with Crippen LogP contribution in [0.15, 0.2) is 24.5 Å². The molecule has 7 nitrogen and oxygen atoms in total. The summed E-state index contributed by atoms with van der Waals surface area (Å²) in [6.45, 7) is 2.17. The third-order valence-electron chi connectivity index (χ3n) is 3.46. The number of ether oxygens (including phenoxy) is 1. The van der Waals surface area contributed by atoms with E-state index in [1.54, 1.807) is 12.4 Å². The van der Waals surface area contributed by atoms with Crippen LogP contribution in [0.25, 0.3) is 0 Å². The Hall–Kier alpha value is -1.99. The molecule has 2 rings (SSSR count). The van der Waals surface area contributed by atoms with Crippen LogP contribution < -0.4 is 10.6 Å². The zero-order chi connectivity index (χ0) is 15.8. The molecule has 1 aliphatic heterocycles. The Morgan fingerprint density at radius 2 is 2.36 bits per heavy atom. The minimum Gasteiger partial charge on any atom is -0.377 e. The number of carbonyl (C=O) groups is 2. The lowest BCUT2D eigenvalue weighted by atomic mass is 10.2. The topological polar surface area (TPSA) is 83.6 Å². The van der Waals surface area contributed by atoms with Crippen molar-refractivity contribution in [1.82, 2.24) is 20.5 Å². The number of carbonyl (C=O) groups excluding carboxylic acids is 2. The standard InChI is InChI=1S/C15H22N4O3/c1-16-15(21)18-14(20)11-19(10-13-5-3-7-22-13)9-12-4-2-6-17-8-12/h2,4,6,8,13H,3,5,7,9-11H2,1H3,(H2,16,18,20,21)/t13-/m0/s1. The van der Waals surface area contributed by atoms with Gasteiger partial charge < -0.3 is 10.1 Å². The van der Waals surface area contributed by atoms with E-state index in [2.05, 4.69) is 15.6 Å². The predicted octanol–water partition coefficient (Wildman–Crippen LogP) is 0.518. The molecule has 1 aromatic heterocycles. The SMILES string of the molecule is CNC(=O)NC(=O)CN(Cc1cccnc1)C[C@@H]1CCCO1. The molecule has 1 aromatic rings. The summed E-state index contributed by atoms with van der Waals surface area (Å²) in [4.78, 5) is 29.2. The molecular weight excluding hydrogens is 284 g/mol. The first kappa shape index (κ1) is 16.4. The fraction of sp³-hybridized carbons (Fsp3) is 0.533. The van der Waals surface area contributed by atoms with Crippen LogP contribution >= 0.6 is 0 Å². The lowest BCUT2D eigenvalue weighted by molar-refractivity contribution is -0.121. The zero-order valence-corrected chi connectivity index (χ0v) is 12.7. The number of nitrogens with one attached hydrogen (secondary N) is 2. The number of urea groups is 1. The Balaban J connectivity index is 1.94. The highest BCUT2D eigenvalue weighted by Gasteiger charge is 2.21. The monoisotopic (exact) mass is 306 g/mol. The Bertz CT molecular complexity index is 489. The second-order valence-corrected chi connectivity index (χ2v) is 5.29. The Labute approximate surface area is 130 Å². The maximum Gasteiger partial charge on any atom is 0.321 e. The first-order valence-electron chi connectivity index (χ1n) is 7.42. The minimum atomic E-state index is -0.497. The highest BCUT2D eigenvalue weighted by atomic mass is 16.5. The van der Waals surface area contributed by atoms with E-state index in [9.17, 15) is 9.59 Å². The smallest absolute Gasteiger partial charge is 0.321 e. The van der Waals surface area contributed by atoms with Crippen molar-refractivity contribution in [2.45, 2.75) is 25.5 Å². The molecule has 1 saturated heterocycles. The molecule has 1 aliphatic rings. The fourth-order valence-electron chi connectivity index (χ4n) is 2.44. The van der Waals surface area contributed by atoms with Crippen molar-refractivity contribution >= 4 is 11.9 Å². The Kier molecular flexibility index (Phi) is 6.29. The summed E-state index contributed by atoms with van der Waals surface area (Å²) in [6, 6.07) is 3.33. The Morgan fingerprint density at radius 3 is 3.00 bits per heavy atom. The van der Waals surface area contributed by atoms with Gasteiger partial charge in [0.05, 0.1) is 12.6 Å². The van der Waals surface area contributed by atoms with Gasteiger partial charge in [0, 0.05) is 39.1 Å². The molecule has 1 fully saturated rings. The number of hydrogen-bond donors (Lipinski definition) is 2. The maximum atomic E-state index is 11.9. The van der Waals surface area contributed by atoms with Crippen LogP contribution in [0.3, 0.4) is 0 Å². The van der Waals surface area contributed by atoms with E-state index in [0.29, 0.717) is 13.1 Å². The predicted molar refractivity (Wildman–Crippen MR) is 81.1 cm³/mol. The van der Waals surface area contributed by atoms with Gasteiger partial charge in [-0.2, -0.15) is 0 Å². The van der Waals surface area contributed by atoms with Crippen molar-refractivity contribution in [2.24, 2.45) is 0 Å². The van der Waals surface area contributed by atoms with Crippen molar-refractivity contribution in [3.05, 3.63) is 30.1 Å². The third-order valence-corrected chi connectivity index (χ3v) is 3.46. The number of imide groups is 1. The van der Waals surface area contributed by atoms with E-state index < -0.39 is 6.03 Å². The highest BCUT2D eigenvalue weighted by Crippen LogP contribution is 2.14. The summed E-state index contributed by atoms with van der Waals surface area (Å²) in [7, 11) is 1.47. The molecule has 7 heteroatoms. The molecule has 3 amide bonds. The molecule has 0 bridgehead atoms. The summed E-state index contributed by atoms with van der Waals surface area (Å²) in [5, 5.41) is 4.65. The lowest BCUT2D eigenvalue weighted by Crippen LogP contribution is -2.44. The van der Waals surface area contributed by atoms with Gasteiger partial charge in [-0.1, -0.05) is 6.07 Å². The summed E-state index contributed by atoms with van der Waals surface area (Å²) >= 11 is 0. The van der Waals surface area contributed by atoms with Crippen molar-refractivity contribution in [2.75, 3.05) is 26.7 Å². The van der Waals surface area contributed by atoms with Gasteiger partial charge in [-0.25, -0.2) is 4.79 Å². The van der Waals surface area contributed by atoms with Crippen LogP contribution in [0.1, 0.15) is 18.4 Å². The molecule has 22 heavy (non-hydrogen) atoms. The van der Waals surface area contributed by atoms with E-state index in [1.165, 1.54) is 7.05 Å². The van der Waals surface area contributed by atoms with Crippen LogP contribution in [-0.2, 0) is 16.1 Å². The molecule has 0 aromatic carbocycles. The third kappa shape index (κ3) is 5.42. The minimum absolute atomic E-state index is 0.141. The molecule has 0 aliphatic carbocycles. The van der Waals surface area contributed by atoms with Gasteiger partial charge >= 0.3 is 6.03 Å². The second kappa shape index (κ2) is 8.45. The molecule has 1 atom stereocenters. The summed E-state index contributed by atoms with van der Waals surface area (Å²) in [5.41, 5.74) is 1.02. The fourth-order valence-corrected chi connectivity index (χ4v) is 2.44. The van der Waals surface area contributed by atoms with Crippen molar-refractivity contribution in [3.8, 4) is 0 Å². The summed E-state index contributed by atoms with van der Waals surface area (Å²) in [6.07, 6.45) is 5.69.